The fourth-order valence-corrected chi connectivity index (χ4v) is 2.95. The molecular formula is C16H14ClNO4S. The van der Waals surface area contributed by atoms with Gasteiger partial charge in [0.15, 0.2) is 11.5 Å². The third kappa shape index (κ3) is 4.25. The zero-order valence-corrected chi connectivity index (χ0v) is 13.6. The molecule has 1 N–H and O–H groups in total. The molecule has 2 aromatic carbocycles. The van der Waals surface area contributed by atoms with Crippen molar-refractivity contribution in [1.29, 1.82) is 0 Å². The molecule has 0 aliphatic carbocycles. The third-order valence-electron chi connectivity index (χ3n) is 3.23. The van der Waals surface area contributed by atoms with Crippen LogP contribution in [0.25, 0.3) is 6.08 Å². The summed E-state index contributed by atoms with van der Waals surface area (Å²) in [6.07, 6.45) is 1.51. The number of hydrogen-bond acceptors (Lipinski definition) is 4. The predicted octanol–water partition coefficient (Wildman–Crippen LogP) is 3.16. The van der Waals surface area contributed by atoms with E-state index in [0.717, 1.165) is 11.0 Å². The Hall–Kier alpha value is -2.02. The average molecular weight is 352 g/mol. The van der Waals surface area contributed by atoms with E-state index in [1.807, 2.05) is 0 Å². The Morgan fingerprint density at radius 3 is 2.61 bits per heavy atom. The fourth-order valence-electron chi connectivity index (χ4n) is 2.02. The van der Waals surface area contributed by atoms with Crippen molar-refractivity contribution < 1.29 is 17.9 Å². The lowest BCUT2D eigenvalue weighted by Crippen LogP contribution is -2.20. The van der Waals surface area contributed by atoms with Crippen LogP contribution < -0.4 is 14.2 Å². The third-order valence-corrected chi connectivity index (χ3v) is 4.52. The number of ether oxygens (including phenoxy) is 2. The van der Waals surface area contributed by atoms with Crippen molar-refractivity contribution in [3.8, 4) is 11.5 Å². The molecule has 0 radical (unpaired) electrons. The molecule has 0 atom stereocenters. The van der Waals surface area contributed by atoms with Gasteiger partial charge in [0.2, 0.25) is 16.8 Å². The monoisotopic (exact) mass is 351 g/mol. The van der Waals surface area contributed by atoms with E-state index in [1.165, 1.54) is 6.08 Å². The van der Waals surface area contributed by atoms with Crippen molar-refractivity contribution in [3.05, 3.63) is 64.0 Å². The quantitative estimate of drug-likeness (QED) is 0.898. The van der Waals surface area contributed by atoms with Crippen molar-refractivity contribution in [3.63, 3.8) is 0 Å². The largest absolute Gasteiger partial charge is 0.454 e. The summed E-state index contributed by atoms with van der Waals surface area (Å²) in [5, 5.41) is 1.74. The standard InChI is InChI=1S/C16H14ClNO4S/c17-14-4-1-13(2-5-14)10-18-23(19,20)8-7-12-3-6-15-16(9-12)22-11-21-15/h1-9,18H,10-11H2/b8-7+. The van der Waals surface area contributed by atoms with E-state index in [0.29, 0.717) is 22.1 Å². The van der Waals surface area contributed by atoms with Crippen LogP contribution in [0.4, 0.5) is 0 Å². The molecule has 7 heteroatoms. The summed E-state index contributed by atoms with van der Waals surface area (Å²) >= 11 is 5.79. The maximum atomic E-state index is 12.0. The molecule has 120 valence electrons. The molecule has 1 aliphatic heterocycles. The van der Waals surface area contributed by atoms with Crippen molar-refractivity contribution in [1.82, 2.24) is 4.72 Å². The molecule has 0 fully saturated rings. The van der Waals surface area contributed by atoms with Crippen LogP contribution in [0, 0.1) is 0 Å². The van der Waals surface area contributed by atoms with Gasteiger partial charge in [-0.05, 0) is 41.5 Å². The van der Waals surface area contributed by atoms with Crippen LogP contribution in [0.15, 0.2) is 47.9 Å². The molecule has 0 spiro atoms. The first-order valence-electron chi connectivity index (χ1n) is 6.84. The highest BCUT2D eigenvalue weighted by atomic mass is 35.5. The van der Waals surface area contributed by atoms with Crippen LogP contribution in [0.2, 0.25) is 5.02 Å². The van der Waals surface area contributed by atoms with Gasteiger partial charge in [-0.15, -0.1) is 0 Å². The molecule has 2 aromatic rings. The number of fused-ring (bicyclic) bond motifs is 1. The van der Waals surface area contributed by atoms with Gasteiger partial charge in [0.1, 0.15) is 0 Å². The molecule has 0 saturated carbocycles. The SMILES string of the molecule is O=S(=O)(/C=C/c1ccc2c(c1)OCO2)NCc1ccc(Cl)cc1. The second-order valence-electron chi connectivity index (χ2n) is 4.91. The van der Waals surface area contributed by atoms with Gasteiger partial charge < -0.3 is 9.47 Å². The lowest BCUT2D eigenvalue weighted by atomic mass is 10.2. The summed E-state index contributed by atoms with van der Waals surface area (Å²) in [5.74, 6) is 1.27. The maximum absolute atomic E-state index is 12.0. The van der Waals surface area contributed by atoms with Crippen LogP contribution >= 0.6 is 11.6 Å². The number of sulfonamides is 1. The Morgan fingerprint density at radius 2 is 1.83 bits per heavy atom. The minimum Gasteiger partial charge on any atom is -0.454 e. The fraction of sp³-hybridized carbons (Fsp3) is 0.125. The highest BCUT2D eigenvalue weighted by Gasteiger charge is 2.12. The molecule has 1 aliphatic rings. The zero-order valence-electron chi connectivity index (χ0n) is 12.0. The van der Waals surface area contributed by atoms with Crippen molar-refractivity contribution in [2.24, 2.45) is 0 Å². The second kappa shape index (κ2) is 6.62. The number of rotatable bonds is 5. The van der Waals surface area contributed by atoms with E-state index in [4.69, 9.17) is 21.1 Å². The number of halogens is 1. The van der Waals surface area contributed by atoms with Gasteiger partial charge in [0, 0.05) is 17.0 Å². The first-order chi connectivity index (χ1) is 11.0. The summed E-state index contributed by atoms with van der Waals surface area (Å²) in [4.78, 5) is 0. The van der Waals surface area contributed by atoms with Crippen LogP contribution in [-0.2, 0) is 16.6 Å². The summed E-state index contributed by atoms with van der Waals surface area (Å²) in [6, 6.07) is 12.2. The van der Waals surface area contributed by atoms with Gasteiger partial charge in [-0.1, -0.05) is 29.8 Å². The molecule has 3 rings (SSSR count). The van der Waals surface area contributed by atoms with Crippen molar-refractivity contribution in [2.45, 2.75) is 6.54 Å². The molecular weight excluding hydrogens is 338 g/mol. The van der Waals surface area contributed by atoms with Gasteiger partial charge in [-0.3, -0.25) is 0 Å². The Labute approximate surface area is 139 Å². The highest BCUT2D eigenvalue weighted by Crippen LogP contribution is 2.32. The van der Waals surface area contributed by atoms with Crippen LogP contribution in [0.1, 0.15) is 11.1 Å². The molecule has 1 heterocycles. The average Bonchev–Trinajstić information content (AvgIpc) is 3.00. The molecule has 0 amide bonds. The molecule has 0 aromatic heterocycles. The zero-order chi connectivity index (χ0) is 16.3. The van der Waals surface area contributed by atoms with Crippen LogP contribution in [0.5, 0.6) is 11.5 Å². The molecule has 0 bridgehead atoms. The first-order valence-corrected chi connectivity index (χ1v) is 8.76. The topological polar surface area (TPSA) is 64.6 Å². The number of benzene rings is 2. The van der Waals surface area contributed by atoms with E-state index in [-0.39, 0.29) is 13.3 Å². The Kier molecular flexibility index (Phi) is 4.56. The first kappa shape index (κ1) is 15.9. The molecule has 5 nitrogen and oxygen atoms in total. The lowest BCUT2D eigenvalue weighted by Gasteiger charge is -2.03. The Balaban J connectivity index is 1.64. The summed E-state index contributed by atoms with van der Waals surface area (Å²) in [6.45, 7) is 0.383. The van der Waals surface area contributed by atoms with Gasteiger partial charge in [-0.2, -0.15) is 0 Å². The molecule has 23 heavy (non-hydrogen) atoms. The van der Waals surface area contributed by atoms with Crippen molar-refractivity contribution >= 4 is 27.7 Å². The van der Waals surface area contributed by atoms with Crippen LogP contribution in [0.3, 0.4) is 0 Å². The maximum Gasteiger partial charge on any atom is 0.234 e. The van der Waals surface area contributed by atoms with Gasteiger partial charge in [-0.25, -0.2) is 13.1 Å². The number of nitrogens with one attached hydrogen (secondary N) is 1. The summed E-state index contributed by atoms with van der Waals surface area (Å²) < 4.78 is 37.0. The molecule has 0 saturated heterocycles. The minimum atomic E-state index is -3.54. The Bertz CT molecular complexity index is 832. The Morgan fingerprint density at radius 1 is 1.09 bits per heavy atom. The van der Waals surface area contributed by atoms with E-state index < -0.39 is 10.0 Å². The van der Waals surface area contributed by atoms with Gasteiger partial charge >= 0.3 is 0 Å². The summed E-state index contributed by atoms with van der Waals surface area (Å²) in [5.41, 5.74) is 1.54. The number of hydrogen-bond donors (Lipinski definition) is 1. The normalized spacial score (nSPS) is 13.6. The summed E-state index contributed by atoms with van der Waals surface area (Å²) in [7, 11) is -3.54. The van der Waals surface area contributed by atoms with E-state index in [1.54, 1.807) is 42.5 Å². The highest BCUT2D eigenvalue weighted by molar-refractivity contribution is 7.92. The van der Waals surface area contributed by atoms with Crippen molar-refractivity contribution in [2.75, 3.05) is 6.79 Å². The minimum absolute atomic E-state index is 0.184. The van der Waals surface area contributed by atoms with Crippen LogP contribution in [-0.4, -0.2) is 15.2 Å². The second-order valence-corrected chi connectivity index (χ2v) is 7.00. The van der Waals surface area contributed by atoms with E-state index in [9.17, 15) is 8.42 Å². The van der Waals surface area contributed by atoms with E-state index >= 15 is 0 Å². The lowest BCUT2D eigenvalue weighted by molar-refractivity contribution is 0.174. The molecule has 0 unspecified atom stereocenters. The predicted molar refractivity (Wildman–Crippen MR) is 88.8 cm³/mol. The smallest absolute Gasteiger partial charge is 0.234 e. The van der Waals surface area contributed by atoms with E-state index in [2.05, 4.69) is 4.72 Å². The van der Waals surface area contributed by atoms with Gasteiger partial charge in [0.05, 0.1) is 0 Å². The van der Waals surface area contributed by atoms with Gasteiger partial charge in [0.25, 0.3) is 0 Å².